The number of amides is 2. The van der Waals surface area contributed by atoms with E-state index in [2.05, 4.69) is 15.3 Å². The number of hydrogen-bond acceptors (Lipinski definition) is 4. The van der Waals surface area contributed by atoms with Gasteiger partial charge in [-0.15, -0.1) is 0 Å². The summed E-state index contributed by atoms with van der Waals surface area (Å²) in [5.41, 5.74) is 0.628. The van der Waals surface area contributed by atoms with E-state index in [1.54, 1.807) is 12.1 Å². The summed E-state index contributed by atoms with van der Waals surface area (Å²) in [7, 11) is 0. The fourth-order valence-electron chi connectivity index (χ4n) is 3.47. The standard InChI is InChI=1S/C21H19ClF2N4O3/c22-14-7-13-10-17(26-19(13)25-11-14)20(29)27-18(21(30)28-3-5-31-6-4-28)9-12-8-15(23)1-2-16(12)24/h1-2,7-8,10-11,18H,3-6,9H2,(H,25,26)(H,27,29)/t18-/m0/s1. The molecule has 0 bridgehead atoms. The molecule has 0 spiro atoms. The monoisotopic (exact) mass is 448 g/mol. The van der Waals surface area contributed by atoms with Crippen molar-refractivity contribution < 1.29 is 23.1 Å². The Balaban J connectivity index is 1.59. The van der Waals surface area contributed by atoms with Crippen LogP contribution in [0.3, 0.4) is 0 Å². The summed E-state index contributed by atoms with van der Waals surface area (Å²) in [6.45, 7) is 1.45. The molecule has 7 nitrogen and oxygen atoms in total. The molecule has 2 N–H and O–H groups in total. The number of H-pyrrole nitrogens is 1. The minimum atomic E-state index is -1.09. The molecule has 3 aromatic rings. The molecule has 0 unspecified atom stereocenters. The number of aromatic nitrogens is 2. The number of carbonyl (C=O) groups excluding carboxylic acids is 2. The average Bonchev–Trinajstić information content (AvgIpc) is 3.19. The van der Waals surface area contributed by atoms with Gasteiger partial charge in [0.05, 0.1) is 18.2 Å². The quantitative estimate of drug-likeness (QED) is 0.628. The molecule has 1 aliphatic heterocycles. The third kappa shape index (κ3) is 4.83. The Morgan fingerprint density at radius 3 is 2.77 bits per heavy atom. The Bertz CT molecular complexity index is 1130. The molecule has 10 heteroatoms. The molecule has 1 fully saturated rings. The van der Waals surface area contributed by atoms with Crippen molar-refractivity contribution in [2.45, 2.75) is 12.5 Å². The number of pyridine rings is 1. The zero-order valence-electron chi connectivity index (χ0n) is 16.3. The van der Waals surface area contributed by atoms with E-state index >= 15 is 0 Å². The predicted octanol–water partition coefficient (Wildman–Crippen LogP) is 2.69. The zero-order chi connectivity index (χ0) is 22.0. The molecule has 0 radical (unpaired) electrons. The van der Waals surface area contributed by atoms with Crippen LogP contribution in [0.2, 0.25) is 5.02 Å². The molecule has 1 atom stereocenters. The molecule has 1 aliphatic rings. The van der Waals surface area contributed by atoms with E-state index < -0.39 is 29.5 Å². The summed E-state index contributed by atoms with van der Waals surface area (Å²) in [5, 5.41) is 3.70. The lowest BCUT2D eigenvalue weighted by Crippen LogP contribution is -2.52. The highest BCUT2D eigenvalue weighted by Gasteiger charge is 2.29. The van der Waals surface area contributed by atoms with Crippen molar-refractivity contribution >= 4 is 34.4 Å². The molecular weight excluding hydrogens is 430 g/mol. The number of aromatic amines is 1. The van der Waals surface area contributed by atoms with Gasteiger partial charge in [0.1, 0.15) is 29.0 Å². The van der Waals surface area contributed by atoms with Crippen LogP contribution in [0.25, 0.3) is 11.0 Å². The Morgan fingerprint density at radius 1 is 1.23 bits per heavy atom. The second-order valence-corrected chi connectivity index (χ2v) is 7.61. The molecule has 3 heterocycles. The maximum atomic E-state index is 14.2. The summed E-state index contributed by atoms with van der Waals surface area (Å²) >= 11 is 5.93. The second-order valence-electron chi connectivity index (χ2n) is 7.18. The molecule has 0 aliphatic carbocycles. The van der Waals surface area contributed by atoms with Gasteiger partial charge in [-0.05, 0) is 35.9 Å². The first-order valence-corrected chi connectivity index (χ1v) is 10.0. The maximum Gasteiger partial charge on any atom is 0.268 e. The molecule has 31 heavy (non-hydrogen) atoms. The van der Waals surface area contributed by atoms with Gasteiger partial charge in [0.15, 0.2) is 0 Å². The average molecular weight is 449 g/mol. The number of hydrogen-bond donors (Lipinski definition) is 2. The fourth-order valence-corrected chi connectivity index (χ4v) is 3.64. The van der Waals surface area contributed by atoms with Gasteiger partial charge >= 0.3 is 0 Å². The van der Waals surface area contributed by atoms with E-state index in [-0.39, 0.29) is 17.7 Å². The van der Waals surface area contributed by atoms with Gasteiger partial charge < -0.3 is 19.9 Å². The molecule has 2 amide bonds. The van der Waals surface area contributed by atoms with Crippen LogP contribution in [0.4, 0.5) is 8.78 Å². The third-order valence-corrected chi connectivity index (χ3v) is 5.25. The van der Waals surface area contributed by atoms with E-state index in [1.807, 2.05) is 0 Å². The fraction of sp³-hybridized carbons (Fsp3) is 0.286. The summed E-state index contributed by atoms with van der Waals surface area (Å²) < 4.78 is 33.1. The van der Waals surface area contributed by atoms with E-state index in [4.69, 9.17) is 16.3 Å². The van der Waals surface area contributed by atoms with Crippen LogP contribution in [-0.2, 0) is 16.0 Å². The van der Waals surface area contributed by atoms with E-state index in [0.29, 0.717) is 42.4 Å². The lowest BCUT2D eigenvalue weighted by atomic mass is 10.0. The van der Waals surface area contributed by atoms with Crippen molar-refractivity contribution in [2.75, 3.05) is 26.3 Å². The number of rotatable bonds is 5. The van der Waals surface area contributed by atoms with E-state index in [1.165, 1.54) is 11.1 Å². The van der Waals surface area contributed by atoms with E-state index in [9.17, 15) is 18.4 Å². The SMILES string of the molecule is O=C(N[C@@H](Cc1cc(F)ccc1F)C(=O)N1CCOCC1)c1cc2cc(Cl)cnc2[nH]1. The normalized spacial score (nSPS) is 15.1. The number of nitrogens with zero attached hydrogens (tertiary/aromatic N) is 2. The summed E-state index contributed by atoms with van der Waals surface area (Å²) in [6.07, 6.45) is 1.25. The Kier molecular flexibility index (Phi) is 6.15. The first-order valence-electron chi connectivity index (χ1n) is 9.66. The number of fused-ring (bicyclic) bond motifs is 1. The first kappa shape index (κ1) is 21.2. The van der Waals surface area contributed by atoms with E-state index in [0.717, 1.165) is 18.2 Å². The number of morpholine rings is 1. The largest absolute Gasteiger partial charge is 0.378 e. The summed E-state index contributed by atoms with van der Waals surface area (Å²) in [5.74, 6) is -2.24. The smallest absolute Gasteiger partial charge is 0.268 e. The van der Waals surface area contributed by atoms with Gasteiger partial charge in [-0.1, -0.05) is 11.6 Å². The van der Waals surface area contributed by atoms with Gasteiger partial charge in [0, 0.05) is 31.1 Å². The molecule has 1 aromatic carbocycles. The molecule has 0 saturated carbocycles. The second kappa shape index (κ2) is 8.99. The van der Waals surface area contributed by atoms with Gasteiger partial charge in [-0.2, -0.15) is 0 Å². The van der Waals surface area contributed by atoms with Gasteiger partial charge in [-0.3, -0.25) is 9.59 Å². The van der Waals surface area contributed by atoms with Crippen molar-refractivity contribution in [2.24, 2.45) is 0 Å². The van der Waals surface area contributed by atoms with Crippen molar-refractivity contribution in [3.8, 4) is 0 Å². The third-order valence-electron chi connectivity index (χ3n) is 5.04. The Morgan fingerprint density at radius 2 is 2.00 bits per heavy atom. The van der Waals surface area contributed by atoms with Crippen LogP contribution in [0, 0.1) is 11.6 Å². The molecule has 2 aromatic heterocycles. The first-order chi connectivity index (χ1) is 14.9. The Labute approximate surface area is 181 Å². The lowest BCUT2D eigenvalue weighted by molar-refractivity contribution is -0.137. The predicted molar refractivity (Wildman–Crippen MR) is 110 cm³/mol. The van der Waals surface area contributed by atoms with Crippen LogP contribution in [0.15, 0.2) is 36.5 Å². The van der Waals surface area contributed by atoms with Crippen LogP contribution < -0.4 is 5.32 Å². The van der Waals surface area contributed by atoms with Crippen LogP contribution in [-0.4, -0.2) is 59.0 Å². The highest BCUT2D eigenvalue weighted by molar-refractivity contribution is 6.31. The maximum absolute atomic E-state index is 14.2. The highest BCUT2D eigenvalue weighted by atomic mass is 35.5. The highest BCUT2D eigenvalue weighted by Crippen LogP contribution is 2.19. The molecular formula is C21H19ClF2N4O3. The minimum absolute atomic E-state index is 0.00277. The zero-order valence-corrected chi connectivity index (χ0v) is 17.1. The number of ether oxygens (including phenoxy) is 1. The van der Waals surface area contributed by atoms with Crippen LogP contribution >= 0.6 is 11.6 Å². The Hall–Kier alpha value is -3.04. The number of nitrogens with one attached hydrogen (secondary N) is 2. The van der Waals surface area contributed by atoms with Gasteiger partial charge in [0.2, 0.25) is 5.91 Å². The number of halogens is 3. The summed E-state index contributed by atoms with van der Waals surface area (Å²) in [6, 6.07) is 5.13. The van der Waals surface area contributed by atoms with Gasteiger partial charge in [-0.25, -0.2) is 13.8 Å². The number of carbonyl (C=O) groups is 2. The van der Waals surface area contributed by atoms with Crippen molar-refractivity contribution in [1.29, 1.82) is 0 Å². The minimum Gasteiger partial charge on any atom is -0.378 e. The van der Waals surface area contributed by atoms with Crippen molar-refractivity contribution in [1.82, 2.24) is 20.2 Å². The van der Waals surface area contributed by atoms with Crippen molar-refractivity contribution in [3.05, 3.63) is 64.4 Å². The van der Waals surface area contributed by atoms with Crippen molar-refractivity contribution in [3.63, 3.8) is 0 Å². The molecule has 4 rings (SSSR count). The number of benzene rings is 1. The van der Waals surface area contributed by atoms with Gasteiger partial charge in [0.25, 0.3) is 5.91 Å². The summed E-state index contributed by atoms with van der Waals surface area (Å²) in [4.78, 5) is 34.5. The van der Waals surface area contributed by atoms with Crippen LogP contribution in [0.5, 0.6) is 0 Å². The molecule has 162 valence electrons. The van der Waals surface area contributed by atoms with Crippen LogP contribution in [0.1, 0.15) is 16.1 Å². The topological polar surface area (TPSA) is 87.3 Å². The molecule has 1 saturated heterocycles. The lowest BCUT2D eigenvalue weighted by Gasteiger charge is -2.30.